The van der Waals surface area contributed by atoms with Crippen LogP contribution in [0.1, 0.15) is 16.8 Å². The molecule has 1 amide bonds. The number of rotatable bonds is 2. The Balaban J connectivity index is 2.08. The third-order valence-corrected chi connectivity index (χ3v) is 4.25. The maximum Gasteiger partial charge on any atom is 0.253 e. The molecule has 1 atom stereocenters. The van der Waals surface area contributed by atoms with Gasteiger partial charge < -0.3 is 4.90 Å². The van der Waals surface area contributed by atoms with Crippen molar-refractivity contribution in [1.82, 2.24) is 4.90 Å². The zero-order valence-corrected chi connectivity index (χ0v) is 11.6. The van der Waals surface area contributed by atoms with Gasteiger partial charge in [-0.1, -0.05) is 15.9 Å². The molecule has 1 heterocycles. The lowest BCUT2D eigenvalue weighted by Crippen LogP contribution is -2.28. The van der Waals surface area contributed by atoms with Crippen molar-refractivity contribution in [2.45, 2.75) is 16.1 Å². The van der Waals surface area contributed by atoms with E-state index >= 15 is 0 Å². The van der Waals surface area contributed by atoms with Crippen LogP contribution in [0.4, 0.5) is 0 Å². The summed E-state index contributed by atoms with van der Waals surface area (Å²) in [5, 5.41) is 0. The summed E-state index contributed by atoms with van der Waals surface area (Å²) in [6.45, 7) is 1.68. The Hall–Kier alpha value is -0.480. The van der Waals surface area contributed by atoms with Crippen LogP contribution in [0.3, 0.4) is 0 Å². The van der Waals surface area contributed by atoms with Crippen molar-refractivity contribution in [3.05, 3.63) is 29.8 Å². The summed E-state index contributed by atoms with van der Waals surface area (Å²) >= 11 is 5.23. The van der Waals surface area contributed by atoms with E-state index in [4.69, 9.17) is 0 Å². The average Bonchev–Trinajstić information content (AvgIpc) is 2.75. The van der Waals surface area contributed by atoms with Crippen molar-refractivity contribution in [2.24, 2.45) is 0 Å². The topological polar surface area (TPSA) is 20.3 Å². The molecule has 16 heavy (non-hydrogen) atoms. The fourth-order valence-corrected chi connectivity index (χ4v) is 2.78. The van der Waals surface area contributed by atoms with E-state index in [9.17, 15) is 4.79 Å². The van der Waals surface area contributed by atoms with Gasteiger partial charge in [0.05, 0.1) is 0 Å². The predicted molar refractivity (Wildman–Crippen MR) is 71.5 cm³/mol. The van der Waals surface area contributed by atoms with Gasteiger partial charge >= 0.3 is 0 Å². The summed E-state index contributed by atoms with van der Waals surface area (Å²) < 4.78 is 0. The quantitative estimate of drug-likeness (QED) is 0.618. The van der Waals surface area contributed by atoms with E-state index in [1.807, 2.05) is 35.4 Å². The Morgan fingerprint density at radius 3 is 2.62 bits per heavy atom. The first kappa shape index (κ1) is 12.0. The number of nitrogens with zero attached hydrogens (tertiary/aromatic N) is 1. The molecule has 1 aliphatic heterocycles. The zero-order valence-electron chi connectivity index (χ0n) is 9.15. The van der Waals surface area contributed by atoms with E-state index < -0.39 is 0 Å². The summed E-state index contributed by atoms with van der Waals surface area (Å²) in [6, 6.07) is 7.82. The van der Waals surface area contributed by atoms with Gasteiger partial charge in [-0.25, -0.2) is 0 Å². The summed E-state index contributed by atoms with van der Waals surface area (Å²) in [4.78, 5) is 15.7. The van der Waals surface area contributed by atoms with Gasteiger partial charge in [-0.2, -0.15) is 0 Å². The highest BCUT2D eigenvalue weighted by Gasteiger charge is 2.24. The number of thioether (sulfide) groups is 1. The third kappa shape index (κ3) is 2.61. The molecule has 0 aliphatic carbocycles. The Morgan fingerprint density at radius 1 is 1.44 bits per heavy atom. The monoisotopic (exact) mass is 299 g/mol. The van der Waals surface area contributed by atoms with Gasteiger partial charge in [0.25, 0.3) is 5.91 Å². The Morgan fingerprint density at radius 2 is 2.12 bits per heavy atom. The van der Waals surface area contributed by atoms with E-state index in [0.29, 0.717) is 4.83 Å². The van der Waals surface area contributed by atoms with Crippen LogP contribution >= 0.6 is 27.7 Å². The highest BCUT2D eigenvalue weighted by molar-refractivity contribution is 9.09. The van der Waals surface area contributed by atoms with Crippen molar-refractivity contribution >= 4 is 33.6 Å². The van der Waals surface area contributed by atoms with Crippen molar-refractivity contribution in [1.29, 1.82) is 0 Å². The Kier molecular flexibility index (Phi) is 3.92. The van der Waals surface area contributed by atoms with Gasteiger partial charge in [-0.3, -0.25) is 4.79 Å². The molecule has 1 unspecified atom stereocenters. The van der Waals surface area contributed by atoms with E-state index in [0.717, 1.165) is 25.1 Å². The molecule has 1 aliphatic rings. The second-order valence-corrected chi connectivity index (χ2v) is 6.04. The minimum Gasteiger partial charge on any atom is -0.337 e. The summed E-state index contributed by atoms with van der Waals surface area (Å²) in [5.41, 5.74) is 0.791. The second kappa shape index (κ2) is 5.23. The second-order valence-electron chi connectivity index (χ2n) is 3.87. The molecule has 0 bridgehead atoms. The van der Waals surface area contributed by atoms with E-state index in [1.54, 1.807) is 11.8 Å². The van der Waals surface area contributed by atoms with Crippen molar-refractivity contribution in [3.63, 3.8) is 0 Å². The van der Waals surface area contributed by atoms with Crippen LogP contribution in [0.25, 0.3) is 0 Å². The lowest BCUT2D eigenvalue weighted by atomic mass is 10.2. The summed E-state index contributed by atoms with van der Waals surface area (Å²) in [7, 11) is 0. The zero-order chi connectivity index (χ0) is 11.5. The first-order chi connectivity index (χ1) is 7.70. The molecule has 2 nitrogen and oxygen atoms in total. The van der Waals surface area contributed by atoms with Crippen molar-refractivity contribution in [3.8, 4) is 0 Å². The number of hydrogen-bond donors (Lipinski definition) is 0. The smallest absolute Gasteiger partial charge is 0.253 e. The largest absolute Gasteiger partial charge is 0.337 e. The van der Waals surface area contributed by atoms with Crippen LogP contribution in [0.15, 0.2) is 29.2 Å². The molecule has 1 fully saturated rings. The summed E-state index contributed by atoms with van der Waals surface area (Å²) in [6.07, 6.45) is 3.08. The van der Waals surface area contributed by atoms with E-state index in [1.165, 1.54) is 4.90 Å². The molecule has 0 N–H and O–H groups in total. The lowest BCUT2D eigenvalue weighted by Gasteiger charge is -2.15. The fraction of sp³-hybridized carbons (Fsp3) is 0.417. The molecular weight excluding hydrogens is 286 g/mol. The summed E-state index contributed by atoms with van der Waals surface area (Å²) in [5.74, 6) is 0.148. The Bertz CT molecular complexity index is 379. The minimum atomic E-state index is 0.148. The molecule has 4 heteroatoms. The molecule has 86 valence electrons. The highest BCUT2D eigenvalue weighted by Crippen LogP contribution is 2.20. The van der Waals surface area contributed by atoms with Crippen LogP contribution < -0.4 is 0 Å². The van der Waals surface area contributed by atoms with Crippen LogP contribution in [-0.4, -0.2) is 35.0 Å². The standard InChI is InChI=1S/C12H14BrNOS/c1-16-11-4-2-9(3-5-11)12(15)14-7-6-10(13)8-14/h2-5,10H,6-8H2,1H3. The number of amides is 1. The van der Waals surface area contributed by atoms with Gasteiger partial charge in [0, 0.05) is 28.4 Å². The molecule has 1 aromatic carbocycles. The SMILES string of the molecule is CSc1ccc(C(=O)N2CCC(Br)C2)cc1. The van der Waals surface area contributed by atoms with Gasteiger partial charge in [0.2, 0.25) is 0 Å². The molecule has 2 rings (SSSR count). The lowest BCUT2D eigenvalue weighted by molar-refractivity contribution is 0.0793. The number of likely N-dealkylation sites (tertiary alicyclic amines) is 1. The van der Waals surface area contributed by atoms with Crippen LogP contribution in [0, 0.1) is 0 Å². The predicted octanol–water partition coefficient (Wildman–Crippen LogP) is 3.02. The number of halogens is 1. The van der Waals surface area contributed by atoms with Crippen molar-refractivity contribution < 1.29 is 4.79 Å². The minimum absolute atomic E-state index is 0.148. The molecule has 0 radical (unpaired) electrons. The molecular formula is C12H14BrNOS. The highest BCUT2D eigenvalue weighted by atomic mass is 79.9. The number of carbonyl (C=O) groups excluding carboxylic acids is 1. The third-order valence-electron chi connectivity index (χ3n) is 2.75. The normalized spacial score (nSPS) is 20.1. The first-order valence-electron chi connectivity index (χ1n) is 5.28. The van der Waals surface area contributed by atoms with Crippen LogP contribution in [0.2, 0.25) is 0 Å². The number of hydrogen-bond acceptors (Lipinski definition) is 2. The average molecular weight is 300 g/mol. The fourth-order valence-electron chi connectivity index (χ4n) is 1.82. The maximum absolute atomic E-state index is 12.1. The van der Waals surface area contributed by atoms with Crippen molar-refractivity contribution in [2.75, 3.05) is 19.3 Å². The molecule has 0 saturated carbocycles. The number of benzene rings is 1. The first-order valence-corrected chi connectivity index (χ1v) is 7.42. The number of alkyl halides is 1. The maximum atomic E-state index is 12.1. The molecule has 0 aromatic heterocycles. The van der Waals surface area contributed by atoms with Gasteiger partial charge in [-0.05, 0) is 36.9 Å². The van der Waals surface area contributed by atoms with E-state index in [-0.39, 0.29) is 5.91 Å². The Labute approximate surface area is 109 Å². The van der Waals surface area contributed by atoms with E-state index in [2.05, 4.69) is 15.9 Å². The van der Waals surface area contributed by atoms with Crippen LogP contribution in [0.5, 0.6) is 0 Å². The molecule has 1 saturated heterocycles. The van der Waals surface area contributed by atoms with Gasteiger partial charge in [0.15, 0.2) is 0 Å². The molecule has 0 spiro atoms. The molecule has 1 aromatic rings. The van der Waals surface area contributed by atoms with Gasteiger partial charge in [-0.15, -0.1) is 11.8 Å². The van der Waals surface area contributed by atoms with Gasteiger partial charge in [0.1, 0.15) is 0 Å². The van der Waals surface area contributed by atoms with Crippen LogP contribution in [-0.2, 0) is 0 Å². The number of carbonyl (C=O) groups is 1.